The highest BCUT2D eigenvalue weighted by atomic mass is 16.1. The number of imidazole rings is 1. The summed E-state index contributed by atoms with van der Waals surface area (Å²) >= 11 is 0. The van der Waals surface area contributed by atoms with Crippen LogP contribution in [0.25, 0.3) is 11.6 Å². The van der Waals surface area contributed by atoms with E-state index in [1.807, 2.05) is 24.6 Å². The lowest BCUT2D eigenvalue weighted by Gasteiger charge is -2.09. The van der Waals surface area contributed by atoms with Crippen LogP contribution in [0, 0.1) is 5.92 Å². The molecule has 106 valence electrons. The van der Waals surface area contributed by atoms with Crippen molar-refractivity contribution in [1.82, 2.24) is 24.8 Å². The summed E-state index contributed by atoms with van der Waals surface area (Å²) in [6.45, 7) is 5.28. The molecule has 2 rings (SSSR count). The van der Waals surface area contributed by atoms with Crippen molar-refractivity contribution in [3.8, 4) is 11.6 Å². The molecule has 0 saturated carbocycles. The van der Waals surface area contributed by atoms with Crippen molar-refractivity contribution < 1.29 is 4.79 Å². The highest BCUT2D eigenvalue weighted by Gasteiger charge is 2.08. The zero-order valence-electron chi connectivity index (χ0n) is 11.8. The fourth-order valence-corrected chi connectivity index (χ4v) is 1.87. The van der Waals surface area contributed by atoms with E-state index in [1.54, 1.807) is 24.7 Å². The molecular formula is C14H19N5O. The number of carbonyl (C=O) groups excluding carboxylic acids is 1. The Morgan fingerprint density at radius 1 is 1.25 bits per heavy atom. The minimum absolute atomic E-state index is 0.0811. The van der Waals surface area contributed by atoms with Gasteiger partial charge in [0.1, 0.15) is 0 Å². The Morgan fingerprint density at radius 2 is 2.00 bits per heavy atom. The number of hydrogen-bond acceptors (Lipinski definition) is 4. The van der Waals surface area contributed by atoms with Gasteiger partial charge in [-0.3, -0.25) is 4.79 Å². The molecule has 0 bridgehead atoms. The third-order valence-electron chi connectivity index (χ3n) is 2.75. The number of nitrogens with zero attached hydrogens (tertiary/aromatic N) is 4. The van der Waals surface area contributed by atoms with E-state index in [-0.39, 0.29) is 5.91 Å². The van der Waals surface area contributed by atoms with Crippen molar-refractivity contribution in [3.63, 3.8) is 0 Å². The molecule has 0 aliphatic carbocycles. The van der Waals surface area contributed by atoms with Gasteiger partial charge in [0, 0.05) is 44.3 Å². The Kier molecular flexibility index (Phi) is 4.81. The topological polar surface area (TPSA) is 72.7 Å². The average Bonchev–Trinajstić information content (AvgIpc) is 2.87. The molecule has 20 heavy (non-hydrogen) atoms. The minimum Gasteiger partial charge on any atom is -0.354 e. The third-order valence-corrected chi connectivity index (χ3v) is 2.75. The van der Waals surface area contributed by atoms with Gasteiger partial charge in [0.15, 0.2) is 11.6 Å². The van der Waals surface area contributed by atoms with Crippen molar-refractivity contribution >= 4 is 5.91 Å². The molecule has 0 spiro atoms. The molecule has 0 unspecified atom stereocenters. The van der Waals surface area contributed by atoms with Crippen LogP contribution >= 0.6 is 0 Å². The molecule has 6 heteroatoms. The highest BCUT2D eigenvalue weighted by Crippen LogP contribution is 2.10. The van der Waals surface area contributed by atoms with Crippen LogP contribution in [0.15, 0.2) is 30.9 Å². The maximum Gasteiger partial charge on any atom is 0.220 e. The third kappa shape index (κ3) is 3.88. The first-order valence-corrected chi connectivity index (χ1v) is 6.72. The predicted molar refractivity (Wildman–Crippen MR) is 75.7 cm³/mol. The Labute approximate surface area is 118 Å². The van der Waals surface area contributed by atoms with Crippen LogP contribution < -0.4 is 5.32 Å². The number of nitrogens with one attached hydrogen (secondary N) is 1. The minimum atomic E-state index is 0.0811. The van der Waals surface area contributed by atoms with E-state index in [0.29, 0.717) is 37.1 Å². The molecule has 2 heterocycles. The molecule has 0 atom stereocenters. The summed E-state index contributed by atoms with van der Waals surface area (Å²) in [5, 5.41) is 2.90. The fourth-order valence-electron chi connectivity index (χ4n) is 1.87. The van der Waals surface area contributed by atoms with E-state index in [1.165, 1.54) is 0 Å². The van der Waals surface area contributed by atoms with Crippen molar-refractivity contribution in [1.29, 1.82) is 0 Å². The molecule has 0 saturated heterocycles. The number of carbonyl (C=O) groups is 1. The van der Waals surface area contributed by atoms with E-state index in [9.17, 15) is 4.79 Å². The smallest absolute Gasteiger partial charge is 0.220 e. The van der Waals surface area contributed by atoms with Gasteiger partial charge in [0.2, 0.25) is 5.91 Å². The van der Waals surface area contributed by atoms with Gasteiger partial charge in [0.25, 0.3) is 0 Å². The highest BCUT2D eigenvalue weighted by molar-refractivity contribution is 5.75. The molecule has 1 N–H and O–H groups in total. The lowest BCUT2D eigenvalue weighted by Crippen LogP contribution is -2.28. The van der Waals surface area contributed by atoms with Gasteiger partial charge in [-0.15, -0.1) is 0 Å². The van der Waals surface area contributed by atoms with Crippen molar-refractivity contribution in [2.75, 3.05) is 6.54 Å². The summed E-state index contributed by atoms with van der Waals surface area (Å²) in [6, 6.07) is 1.77. The second kappa shape index (κ2) is 6.79. The van der Waals surface area contributed by atoms with Crippen LogP contribution in [-0.4, -0.2) is 32.0 Å². The summed E-state index contributed by atoms with van der Waals surface area (Å²) in [5.41, 5.74) is 0. The first-order valence-electron chi connectivity index (χ1n) is 6.72. The van der Waals surface area contributed by atoms with Gasteiger partial charge in [0.05, 0.1) is 0 Å². The van der Waals surface area contributed by atoms with E-state index in [2.05, 4.69) is 20.3 Å². The zero-order chi connectivity index (χ0) is 14.4. The molecule has 1 amide bonds. The van der Waals surface area contributed by atoms with Crippen LogP contribution in [0.4, 0.5) is 0 Å². The van der Waals surface area contributed by atoms with Crippen LogP contribution in [0.2, 0.25) is 0 Å². The van der Waals surface area contributed by atoms with Gasteiger partial charge in [-0.05, 0) is 12.0 Å². The van der Waals surface area contributed by atoms with Crippen molar-refractivity contribution in [2.24, 2.45) is 5.92 Å². The molecule has 0 aromatic carbocycles. The first-order chi connectivity index (χ1) is 9.66. The zero-order valence-corrected chi connectivity index (χ0v) is 11.8. The largest absolute Gasteiger partial charge is 0.354 e. The van der Waals surface area contributed by atoms with Crippen LogP contribution in [-0.2, 0) is 11.3 Å². The predicted octanol–water partition coefficient (Wildman–Crippen LogP) is 1.50. The molecular weight excluding hydrogens is 254 g/mol. The van der Waals surface area contributed by atoms with E-state index in [0.717, 1.165) is 0 Å². The summed E-state index contributed by atoms with van der Waals surface area (Å²) in [5.74, 6) is 1.75. The van der Waals surface area contributed by atoms with Gasteiger partial charge in [-0.25, -0.2) is 15.0 Å². The van der Waals surface area contributed by atoms with Gasteiger partial charge < -0.3 is 9.88 Å². The molecule has 0 fully saturated rings. The van der Waals surface area contributed by atoms with Crippen LogP contribution in [0.3, 0.4) is 0 Å². The Bertz CT molecular complexity index is 550. The second-order valence-electron chi connectivity index (χ2n) is 4.96. The van der Waals surface area contributed by atoms with E-state index >= 15 is 0 Å². The molecule has 0 aliphatic rings. The maximum atomic E-state index is 11.6. The molecule has 0 aliphatic heterocycles. The Balaban J connectivity index is 1.92. The quantitative estimate of drug-likeness (QED) is 0.865. The van der Waals surface area contributed by atoms with E-state index in [4.69, 9.17) is 0 Å². The molecule has 2 aromatic rings. The lowest BCUT2D eigenvalue weighted by atomic mass is 10.1. The van der Waals surface area contributed by atoms with Crippen molar-refractivity contribution in [2.45, 2.75) is 26.8 Å². The summed E-state index contributed by atoms with van der Waals surface area (Å²) in [6.07, 6.45) is 7.50. The van der Waals surface area contributed by atoms with Crippen LogP contribution in [0.1, 0.15) is 20.3 Å². The molecule has 2 aromatic heterocycles. The Hall–Kier alpha value is -2.24. The van der Waals surface area contributed by atoms with Crippen LogP contribution in [0.5, 0.6) is 0 Å². The summed E-state index contributed by atoms with van der Waals surface area (Å²) in [7, 11) is 0. The fraction of sp³-hybridized carbons (Fsp3) is 0.429. The normalized spacial score (nSPS) is 10.8. The SMILES string of the molecule is CC(C)CC(=O)NCCn1ccnc1-c1ncccn1. The number of aromatic nitrogens is 4. The van der Waals surface area contributed by atoms with Gasteiger partial charge in [-0.2, -0.15) is 0 Å². The number of amides is 1. The second-order valence-corrected chi connectivity index (χ2v) is 4.96. The first kappa shape index (κ1) is 14.2. The molecule has 6 nitrogen and oxygen atoms in total. The lowest BCUT2D eigenvalue weighted by molar-refractivity contribution is -0.121. The average molecular weight is 273 g/mol. The monoisotopic (exact) mass is 273 g/mol. The van der Waals surface area contributed by atoms with Crippen molar-refractivity contribution in [3.05, 3.63) is 30.9 Å². The molecule has 0 radical (unpaired) electrons. The Morgan fingerprint density at radius 3 is 2.70 bits per heavy atom. The maximum absolute atomic E-state index is 11.6. The van der Waals surface area contributed by atoms with E-state index < -0.39 is 0 Å². The standard InChI is InChI=1S/C14H19N5O/c1-11(2)10-12(20)15-6-8-19-9-7-18-14(19)13-16-4-3-5-17-13/h3-5,7,9,11H,6,8,10H2,1-2H3,(H,15,20). The number of rotatable bonds is 6. The number of hydrogen-bond donors (Lipinski definition) is 1. The summed E-state index contributed by atoms with van der Waals surface area (Å²) in [4.78, 5) is 24.2. The summed E-state index contributed by atoms with van der Waals surface area (Å²) < 4.78 is 1.94. The van der Waals surface area contributed by atoms with Gasteiger partial charge in [-0.1, -0.05) is 13.8 Å². The van der Waals surface area contributed by atoms with Gasteiger partial charge >= 0.3 is 0 Å².